The zero-order valence-electron chi connectivity index (χ0n) is 11.0. The summed E-state index contributed by atoms with van der Waals surface area (Å²) in [5.74, 6) is -2.54. The molecule has 1 heterocycles. The lowest BCUT2D eigenvalue weighted by Gasteiger charge is -2.37. The first-order valence-electron chi connectivity index (χ1n) is 6.40. The highest BCUT2D eigenvalue weighted by Crippen LogP contribution is 2.26. The largest absolute Gasteiger partial charge is 0.480 e. The second-order valence-corrected chi connectivity index (χ2v) is 5.46. The van der Waals surface area contributed by atoms with Gasteiger partial charge in [0.15, 0.2) is 0 Å². The Morgan fingerprint density at radius 3 is 2.75 bits per heavy atom. The lowest BCUT2D eigenvalue weighted by Crippen LogP contribution is -2.52. The number of amides is 1. The van der Waals surface area contributed by atoms with Gasteiger partial charge in [0.1, 0.15) is 11.9 Å². The van der Waals surface area contributed by atoms with Gasteiger partial charge in [-0.1, -0.05) is 18.5 Å². The standard InChI is InChI=1S/C14H15ClFNO3/c1-8-3-2-6-17(12(8)14(19)20)13(18)10-5-4-9(15)7-11(10)16/h4-5,7-8,12H,2-3,6H2,1H3,(H,19,20). The van der Waals surface area contributed by atoms with Crippen LogP contribution < -0.4 is 0 Å². The number of piperidine rings is 1. The minimum Gasteiger partial charge on any atom is -0.480 e. The number of benzene rings is 1. The smallest absolute Gasteiger partial charge is 0.326 e. The summed E-state index contributed by atoms with van der Waals surface area (Å²) in [6.45, 7) is 2.11. The Morgan fingerprint density at radius 2 is 2.15 bits per heavy atom. The number of carboxylic acids is 1. The molecule has 0 aromatic heterocycles. The van der Waals surface area contributed by atoms with Gasteiger partial charge >= 0.3 is 5.97 Å². The van der Waals surface area contributed by atoms with Crippen molar-refractivity contribution in [1.82, 2.24) is 4.90 Å². The van der Waals surface area contributed by atoms with E-state index in [-0.39, 0.29) is 16.5 Å². The van der Waals surface area contributed by atoms with E-state index in [4.69, 9.17) is 11.6 Å². The molecule has 1 aromatic carbocycles. The summed E-state index contributed by atoms with van der Waals surface area (Å²) < 4.78 is 13.8. The van der Waals surface area contributed by atoms with Crippen molar-refractivity contribution in [2.45, 2.75) is 25.8 Å². The molecule has 108 valence electrons. The molecule has 0 saturated carbocycles. The summed E-state index contributed by atoms with van der Waals surface area (Å²) >= 11 is 5.65. The van der Waals surface area contributed by atoms with Gasteiger partial charge in [0.2, 0.25) is 0 Å². The summed E-state index contributed by atoms with van der Waals surface area (Å²) in [7, 11) is 0. The van der Waals surface area contributed by atoms with Gasteiger partial charge in [-0.25, -0.2) is 9.18 Å². The number of likely N-dealkylation sites (tertiary alicyclic amines) is 1. The number of carbonyl (C=O) groups is 2. The summed E-state index contributed by atoms with van der Waals surface area (Å²) in [4.78, 5) is 25.0. The zero-order valence-corrected chi connectivity index (χ0v) is 11.7. The second kappa shape index (κ2) is 5.79. The first-order chi connectivity index (χ1) is 9.41. The summed E-state index contributed by atoms with van der Waals surface area (Å²) in [6.07, 6.45) is 1.45. The molecule has 1 fully saturated rings. The summed E-state index contributed by atoms with van der Waals surface area (Å²) in [6, 6.07) is 2.85. The van der Waals surface area contributed by atoms with Gasteiger partial charge in [0.25, 0.3) is 5.91 Å². The number of rotatable bonds is 2. The summed E-state index contributed by atoms with van der Waals surface area (Å²) in [5.41, 5.74) is -0.144. The number of carboxylic acid groups (broad SMARTS) is 1. The van der Waals surface area contributed by atoms with E-state index in [0.29, 0.717) is 13.0 Å². The highest BCUT2D eigenvalue weighted by Gasteiger charge is 2.37. The molecule has 4 nitrogen and oxygen atoms in total. The normalized spacial score (nSPS) is 22.6. The number of carbonyl (C=O) groups excluding carboxylic acids is 1. The molecular weight excluding hydrogens is 285 g/mol. The third-order valence-corrected chi connectivity index (χ3v) is 3.84. The quantitative estimate of drug-likeness (QED) is 0.913. The Bertz CT molecular complexity index is 549. The molecule has 1 aliphatic rings. The van der Waals surface area contributed by atoms with Crippen molar-refractivity contribution in [3.8, 4) is 0 Å². The molecule has 1 aliphatic heterocycles. The van der Waals surface area contributed by atoms with E-state index in [1.165, 1.54) is 17.0 Å². The molecule has 6 heteroatoms. The minimum absolute atomic E-state index is 0.144. The molecule has 20 heavy (non-hydrogen) atoms. The van der Waals surface area contributed by atoms with Crippen LogP contribution in [-0.2, 0) is 4.79 Å². The van der Waals surface area contributed by atoms with Gasteiger partial charge < -0.3 is 10.0 Å². The highest BCUT2D eigenvalue weighted by atomic mass is 35.5. The van der Waals surface area contributed by atoms with Gasteiger partial charge in [-0.15, -0.1) is 0 Å². The summed E-state index contributed by atoms with van der Waals surface area (Å²) in [5, 5.41) is 9.47. The molecule has 2 rings (SSSR count). The first-order valence-corrected chi connectivity index (χ1v) is 6.78. The molecule has 1 aromatic rings. The maximum Gasteiger partial charge on any atom is 0.326 e. The SMILES string of the molecule is CC1CCCN(C(=O)c2ccc(Cl)cc2F)C1C(=O)O. The number of hydrogen-bond donors (Lipinski definition) is 1. The second-order valence-electron chi connectivity index (χ2n) is 5.03. The minimum atomic E-state index is -1.06. The van der Waals surface area contributed by atoms with Crippen LogP contribution in [0.2, 0.25) is 5.02 Å². The number of nitrogens with zero attached hydrogens (tertiary/aromatic N) is 1. The van der Waals surface area contributed by atoms with Crippen molar-refractivity contribution in [2.75, 3.05) is 6.54 Å². The fraction of sp³-hybridized carbons (Fsp3) is 0.429. The number of hydrogen-bond acceptors (Lipinski definition) is 2. The van der Waals surface area contributed by atoms with Crippen LogP contribution in [0.3, 0.4) is 0 Å². The lowest BCUT2D eigenvalue weighted by molar-refractivity contribution is -0.145. The Labute approximate surface area is 121 Å². The molecular formula is C14H15ClFNO3. The van der Waals surface area contributed by atoms with Gasteiger partial charge in [0.05, 0.1) is 5.56 Å². The van der Waals surface area contributed by atoms with Crippen LogP contribution in [0.4, 0.5) is 4.39 Å². The van der Waals surface area contributed by atoms with Gasteiger partial charge in [-0.05, 0) is 37.0 Å². The third-order valence-electron chi connectivity index (χ3n) is 3.61. The van der Waals surface area contributed by atoms with Crippen molar-refractivity contribution in [2.24, 2.45) is 5.92 Å². The van der Waals surface area contributed by atoms with E-state index >= 15 is 0 Å². The van der Waals surface area contributed by atoms with E-state index in [9.17, 15) is 19.1 Å². The average molecular weight is 300 g/mol. The monoisotopic (exact) mass is 299 g/mol. The molecule has 2 unspecified atom stereocenters. The molecule has 2 atom stereocenters. The van der Waals surface area contributed by atoms with Crippen molar-refractivity contribution in [1.29, 1.82) is 0 Å². The number of halogens is 2. The van der Waals surface area contributed by atoms with Gasteiger partial charge in [0, 0.05) is 11.6 Å². The molecule has 1 N–H and O–H groups in total. The Morgan fingerprint density at radius 1 is 1.45 bits per heavy atom. The molecule has 0 bridgehead atoms. The average Bonchev–Trinajstić information content (AvgIpc) is 2.37. The van der Waals surface area contributed by atoms with Gasteiger partial charge in [-0.3, -0.25) is 4.79 Å². The van der Waals surface area contributed by atoms with Crippen LogP contribution in [0, 0.1) is 11.7 Å². The molecule has 0 aliphatic carbocycles. The van der Waals surface area contributed by atoms with Gasteiger partial charge in [-0.2, -0.15) is 0 Å². The highest BCUT2D eigenvalue weighted by molar-refractivity contribution is 6.30. The molecule has 0 radical (unpaired) electrons. The van der Waals surface area contributed by atoms with Crippen molar-refractivity contribution in [3.05, 3.63) is 34.6 Å². The van der Waals surface area contributed by atoms with E-state index in [1.807, 2.05) is 0 Å². The van der Waals surface area contributed by atoms with Crippen LogP contribution in [0.5, 0.6) is 0 Å². The van der Waals surface area contributed by atoms with E-state index in [1.54, 1.807) is 6.92 Å². The Balaban J connectivity index is 2.33. The van der Waals surface area contributed by atoms with Crippen molar-refractivity contribution in [3.63, 3.8) is 0 Å². The van der Waals surface area contributed by atoms with Crippen molar-refractivity contribution >= 4 is 23.5 Å². The Hall–Kier alpha value is -1.62. The third kappa shape index (κ3) is 2.77. The fourth-order valence-electron chi connectivity index (χ4n) is 2.61. The lowest BCUT2D eigenvalue weighted by atomic mass is 9.90. The first kappa shape index (κ1) is 14.8. The van der Waals surface area contributed by atoms with Crippen LogP contribution in [-0.4, -0.2) is 34.5 Å². The predicted molar refractivity (Wildman–Crippen MR) is 72.3 cm³/mol. The molecule has 1 saturated heterocycles. The van der Waals surface area contributed by atoms with Crippen molar-refractivity contribution < 1.29 is 19.1 Å². The van der Waals surface area contributed by atoms with Crippen LogP contribution in [0.15, 0.2) is 18.2 Å². The fourth-order valence-corrected chi connectivity index (χ4v) is 2.77. The predicted octanol–water partition coefficient (Wildman–Crippen LogP) is 2.80. The maximum atomic E-state index is 13.8. The van der Waals surface area contributed by atoms with E-state index < -0.39 is 23.7 Å². The number of aliphatic carboxylic acids is 1. The van der Waals surface area contributed by atoms with E-state index in [0.717, 1.165) is 12.5 Å². The topological polar surface area (TPSA) is 57.6 Å². The maximum absolute atomic E-state index is 13.8. The van der Waals surface area contributed by atoms with Crippen LogP contribution in [0.1, 0.15) is 30.1 Å². The van der Waals surface area contributed by atoms with Crippen LogP contribution in [0.25, 0.3) is 0 Å². The molecule has 1 amide bonds. The Kier molecular flexibility index (Phi) is 4.28. The molecule has 0 spiro atoms. The van der Waals surface area contributed by atoms with Crippen LogP contribution >= 0.6 is 11.6 Å². The zero-order chi connectivity index (χ0) is 14.9. The van der Waals surface area contributed by atoms with E-state index in [2.05, 4.69) is 0 Å².